The number of halogens is 1. The van der Waals surface area contributed by atoms with Crippen LogP contribution in [-0.2, 0) is 0 Å². The summed E-state index contributed by atoms with van der Waals surface area (Å²) in [6, 6.07) is 8.36. The average Bonchev–Trinajstić information content (AvgIpc) is 2.38. The first-order chi connectivity index (χ1) is 9.95. The van der Waals surface area contributed by atoms with Crippen LogP contribution < -0.4 is 5.63 Å². The predicted octanol–water partition coefficient (Wildman–Crippen LogP) is 3.34. The molecule has 0 unspecified atom stereocenters. The van der Waals surface area contributed by atoms with E-state index in [4.69, 9.17) is 4.42 Å². The van der Waals surface area contributed by atoms with Gasteiger partial charge in [-0.15, -0.1) is 0 Å². The van der Waals surface area contributed by atoms with Crippen LogP contribution in [0.5, 0.6) is 17.2 Å². The van der Waals surface area contributed by atoms with Gasteiger partial charge in [-0.3, -0.25) is 0 Å². The molecule has 0 spiro atoms. The molecule has 2 aromatic carbocycles. The number of benzene rings is 2. The smallest absolute Gasteiger partial charge is 0.344 e. The van der Waals surface area contributed by atoms with Crippen LogP contribution in [0, 0.1) is 0 Å². The van der Waals surface area contributed by atoms with Crippen molar-refractivity contribution in [2.75, 3.05) is 0 Å². The molecule has 1 aromatic heterocycles. The van der Waals surface area contributed by atoms with Gasteiger partial charge in [0.05, 0.1) is 10.9 Å². The van der Waals surface area contributed by atoms with Crippen molar-refractivity contribution < 1.29 is 19.7 Å². The molecule has 106 valence electrons. The number of hydrogen-bond acceptors (Lipinski definition) is 5. The van der Waals surface area contributed by atoms with E-state index in [-0.39, 0.29) is 28.4 Å². The number of hydrogen-bond donors (Lipinski definition) is 3. The topological polar surface area (TPSA) is 90.9 Å². The Morgan fingerprint density at radius 2 is 1.67 bits per heavy atom. The van der Waals surface area contributed by atoms with Gasteiger partial charge in [-0.1, -0.05) is 15.9 Å². The Kier molecular flexibility index (Phi) is 3.10. The maximum absolute atomic E-state index is 12.1. The minimum atomic E-state index is -0.612. The zero-order chi connectivity index (χ0) is 15.1. The van der Waals surface area contributed by atoms with Crippen LogP contribution in [0.25, 0.3) is 22.1 Å². The molecule has 0 atom stereocenters. The summed E-state index contributed by atoms with van der Waals surface area (Å²) in [6.07, 6.45) is 0. The van der Waals surface area contributed by atoms with Gasteiger partial charge in [0, 0.05) is 22.2 Å². The van der Waals surface area contributed by atoms with Crippen molar-refractivity contribution in [1.29, 1.82) is 0 Å². The van der Waals surface area contributed by atoms with E-state index < -0.39 is 5.63 Å². The van der Waals surface area contributed by atoms with E-state index in [1.807, 2.05) is 0 Å². The van der Waals surface area contributed by atoms with Gasteiger partial charge in [-0.2, -0.15) is 0 Å². The van der Waals surface area contributed by atoms with E-state index in [9.17, 15) is 20.1 Å². The first-order valence-electron chi connectivity index (χ1n) is 5.94. The SMILES string of the molecule is O=c1oc2cc(O)cc(O)c2cc1-c1ccc(O)cc1Br. The Labute approximate surface area is 126 Å². The quantitative estimate of drug-likeness (QED) is 0.586. The molecule has 0 fully saturated rings. The molecule has 0 saturated carbocycles. The van der Waals surface area contributed by atoms with Crippen molar-refractivity contribution >= 4 is 26.9 Å². The van der Waals surface area contributed by atoms with Gasteiger partial charge in [0.25, 0.3) is 0 Å². The second-order valence-corrected chi connectivity index (χ2v) is 5.34. The molecule has 5 nitrogen and oxygen atoms in total. The van der Waals surface area contributed by atoms with E-state index >= 15 is 0 Å². The van der Waals surface area contributed by atoms with Crippen molar-refractivity contribution in [3.8, 4) is 28.4 Å². The maximum atomic E-state index is 12.1. The second-order valence-electron chi connectivity index (χ2n) is 4.49. The van der Waals surface area contributed by atoms with E-state index in [1.54, 1.807) is 6.07 Å². The Balaban J connectivity index is 2.33. The highest BCUT2D eigenvalue weighted by Crippen LogP contribution is 2.34. The van der Waals surface area contributed by atoms with Gasteiger partial charge in [0.2, 0.25) is 0 Å². The molecule has 0 radical (unpaired) electrons. The van der Waals surface area contributed by atoms with Crippen LogP contribution in [0.15, 0.2) is 50.1 Å². The molecule has 0 aliphatic carbocycles. The van der Waals surface area contributed by atoms with Crippen LogP contribution in [0.1, 0.15) is 0 Å². The lowest BCUT2D eigenvalue weighted by atomic mass is 10.1. The van der Waals surface area contributed by atoms with Crippen LogP contribution >= 0.6 is 15.9 Å². The first kappa shape index (κ1) is 13.5. The highest BCUT2D eigenvalue weighted by molar-refractivity contribution is 9.10. The minimum absolute atomic E-state index is 0.0589. The fourth-order valence-corrected chi connectivity index (χ4v) is 2.68. The van der Waals surface area contributed by atoms with Crippen LogP contribution in [0.3, 0.4) is 0 Å². The number of fused-ring (bicyclic) bond motifs is 1. The van der Waals surface area contributed by atoms with Crippen molar-refractivity contribution in [1.82, 2.24) is 0 Å². The monoisotopic (exact) mass is 348 g/mol. The number of phenols is 3. The summed E-state index contributed by atoms with van der Waals surface area (Å²) in [4.78, 5) is 12.1. The highest BCUT2D eigenvalue weighted by Gasteiger charge is 2.14. The normalized spacial score (nSPS) is 10.9. The van der Waals surface area contributed by atoms with Crippen molar-refractivity contribution in [3.63, 3.8) is 0 Å². The molecule has 6 heteroatoms. The Morgan fingerprint density at radius 3 is 2.38 bits per heavy atom. The van der Waals surface area contributed by atoms with Crippen molar-refractivity contribution in [2.45, 2.75) is 0 Å². The Bertz CT molecular complexity index is 914. The summed E-state index contributed by atoms with van der Waals surface area (Å²) < 4.78 is 5.66. The summed E-state index contributed by atoms with van der Waals surface area (Å²) >= 11 is 3.27. The molecular formula is C15H9BrO5. The number of aromatic hydroxyl groups is 3. The van der Waals surface area contributed by atoms with E-state index in [2.05, 4.69) is 15.9 Å². The predicted molar refractivity (Wildman–Crippen MR) is 80.6 cm³/mol. The molecule has 0 aliphatic heterocycles. The first-order valence-corrected chi connectivity index (χ1v) is 6.74. The standard InChI is InChI=1S/C15H9BrO5/c16-12-3-7(17)1-2-9(12)10-6-11-13(19)4-8(18)5-14(11)21-15(10)20/h1-6,17-19H. The summed E-state index contributed by atoms with van der Waals surface area (Å²) in [5.41, 5.74) is 0.237. The van der Waals surface area contributed by atoms with E-state index in [0.717, 1.165) is 6.07 Å². The van der Waals surface area contributed by atoms with Crippen molar-refractivity contribution in [2.24, 2.45) is 0 Å². The molecule has 0 aliphatic rings. The summed E-state index contributed by atoms with van der Waals surface area (Å²) in [5.74, 6) is -0.324. The maximum Gasteiger partial charge on any atom is 0.344 e. The van der Waals surface area contributed by atoms with E-state index in [1.165, 1.54) is 24.3 Å². The van der Waals surface area contributed by atoms with Gasteiger partial charge >= 0.3 is 5.63 Å². The van der Waals surface area contributed by atoms with Gasteiger partial charge in [0.15, 0.2) is 0 Å². The Morgan fingerprint density at radius 1 is 0.905 bits per heavy atom. The zero-order valence-corrected chi connectivity index (χ0v) is 12.1. The molecule has 3 aromatic rings. The number of rotatable bonds is 1. The lowest BCUT2D eigenvalue weighted by molar-refractivity contribution is 0.451. The third-order valence-electron chi connectivity index (χ3n) is 3.06. The minimum Gasteiger partial charge on any atom is -0.508 e. The lowest BCUT2D eigenvalue weighted by Crippen LogP contribution is -2.03. The average molecular weight is 349 g/mol. The molecule has 0 amide bonds. The van der Waals surface area contributed by atoms with Gasteiger partial charge in [-0.05, 0) is 24.3 Å². The van der Waals surface area contributed by atoms with Crippen molar-refractivity contribution in [3.05, 3.63) is 51.3 Å². The number of phenolic OH excluding ortho intramolecular Hbond substituents is 3. The molecule has 3 rings (SSSR count). The molecule has 0 saturated heterocycles. The third kappa shape index (κ3) is 2.34. The molecule has 21 heavy (non-hydrogen) atoms. The summed E-state index contributed by atoms with van der Waals surface area (Å²) in [5, 5.41) is 29.0. The molecular weight excluding hydrogens is 340 g/mol. The van der Waals surface area contributed by atoms with Gasteiger partial charge < -0.3 is 19.7 Å². The molecule has 1 heterocycles. The Hall–Kier alpha value is -2.47. The highest BCUT2D eigenvalue weighted by atomic mass is 79.9. The third-order valence-corrected chi connectivity index (χ3v) is 3.72. The second kappa shape index (κ2) is 4.82. The van der Waals surface area contributed by atoms with Gasteiger partial charge in [-0.25, -0.2) is 4.79 Å². The van der Waals surface area contributed by atoms with Crippen LogP contribution in [0.4, 0.5) is 0 Å². The zero-order valence-electron chi connectivity index (χ0n) is 10.5. The molecule has 0 bridgehead atoms. The van der Waals surface area contributed by atoms with Gasteiger partial charge in [0.1, 0.15) is 22.8 Å². The summed E-state index contributed by atoms with van der Waals surface area (Å²) in [7, 11) is 0. The molecule has 3 N–H and O–H groups in total. The summed E-state index contributed by atoms with van der Waals surface area (Å²) in [6.45, 7) is 0. The van der Waals surface area contributed by atoms with E-state index in [0.29, 0.717) is 15.4 Å². The largest absolute Gasteiger partial charge is 0.508 e. The van der Waals surface area contributed by atoms with Crippen LogP contribution in [0.2, 0.25) is 0 Å². The fraction of sp³-hybridized carbons (Fsp3) is 0. The van der Waals surface area contributed by atoms with Crippen LogP contribution in [-0.4, -0.2) is 15.3 Å². The fourth-order valence-electron chi connectivity index (χ4n) is 2.10. The lowest BCUT2D eigenvalue weighted by Gasteiger charge is -2.07.